The number of methoxy groups -OCH3 is 2. The van der Waals surface area contributed by atoms with Gasteiger partial charge < -0.3 is 24.0 Å². The number of allylic oxidation sites excluding steroid dienone is 1. The van der Waals surface area contributed by atoms with Crippen molar-refractivity contribution in [2.24, 2.45) is 0 Å². The summed E-state index contributed by atoms with van der Waals surface area (Å²) in [4.78, 5) is 14.3. The third-order valence-corrected chi connectivity index (χ3v) is 6.64. The van der Waals surface area contributed by atoms with E-state index in [-0.39, 0.29) is 5.78 Å². The maximum Gasteiger partial charge on any atom is 0.185 e. The largest absolute Gasteiger partial charge is 0.493 e. The first-order chi connectivity index (χ1) is 16.6. The normalized spacial score (nSPS) is 16.0. The van der Waals surface area contributed by atoms with E-state index >= 15 is 0 Å². The van der Waals surface area contributed by atoms with Crippen LogP contribution in [0.3, 0.4) is 0 Å². The summed E-state index contributed by atoms with van der Waals surface area (Å²) in [5, 5.41) is 11.9. The molecule has 6 nitrogen and oxygen atoms in total. The van der Waals surface area contributed by atoms with Gasteiger partial charge in [-0.15, -0.1) is 0 Å². The first-order valence-electron chi connectivity index (χ1n) is 12.1. The lowest BCUT2D eigenvalue weighted by molar-refractivity contribution is -0.902. The van der Waals surface area contributed by atoms with Gasteiger partial charge in [-0.05, 0) is 62.1 Å². The molecule has 2 N–H and O–H groups in total. The lowest BCUT2D eigenvalue weighted by Crippen LogP contribution is -3.13. The van der Waals surface area contributed by atoms with Crippen molar-refractivity contribution in [2.75, 3.05) is 33.9 Å². The minimum absolute atomic E-state index is 0.109. The van der Waals surface area contributed by atoms with Crippen LogP contribution in [-0.4, -0.2) is 55.4 Å². The van der Waals surface area contributed by atoms with Crippen molar-refractivity contribution in [1.82, 2.24) is 4.57 Å². The topological polar surface area (TPSA) is 65.1 Å². The van der Waals surface area contributed by atoms with Crippen LogP contribution in [0.2, 0.25) is 0 Å². The van der Waals surface area contributed by atoms with Gasteiger partial charge in [-0.2, -0.15) is 0 Å². The number of ether oxygens (including phenoxy) is 2. The van der Waals surface area contributed by atoms with Crippen LogP contribution < -0.4 is 14.4 Å². The van der Waals surface area contributed by atoms with Gasteiger partial charge in [0, 0.05) is 28.2 Å². The number of aliphatic hydroxyl groups is 1. The number of carbonyl (C=O) groups is 1. The van der Waals surface area contributed by atoms with Crippen LogP contribution in [-0.2, 0) is 6.54 Å². The van der Waals surface area contributed by atoms with Gasteiger partial charge in [0.2, 0.25) is 0 Å². The van der Waals surface area contributed by atoms with Crippen molar-refractivity contribution >= 4 is 22.8 Å². The van der Waals surface area contributed by atoms with Gasteiger partial charge in [-0.25, -0.2) is 0 Å². The van der Waals surface area contributed by atoms with Gasteiger partial charge in [-0.3, -0.25) is 4.79 Å². The zero-order valence-electron chi connectivity index (χ0n) is 20.1. The fraction of sp³-hybridized carbons (Fsp3) is 0.393. The quantitative estimate of drug-likeness (QED) is 0.377. The summed E-state index contributed by atoms with van der Waals surface area (Å²) in [7, 11) is 3.13. The van der Waals surface area contributed by atoms with E-state index in [2.05, 4.69) is 16.7 Å². The fourth-order valence-corrected chi connectivity index (χ4v) is 4.87. The van der Waals surface area contributed by atoms with Gasteiger partial charge in [-0.1, -0.05) is 18.2 Å². The van der Waals surface area contributed by atoms with Gasteiger partial charge >= 0.3 is 0 Å². The Morgan fingerprint density at radius 1 is 1.06 bits per heavy atom. The highest BCUT2D eigenvalue weighted by molar-refractivity contribution is 6.08. The summed E-state index contributed by atoms with van der Waals surface area (Å²) < 4.78 is 12.7. The summed E-state index contributed by atoms with van der Waals surface area (Å²) in [6.45, 7) is 3.61. The van der Waals surface area contributed by atoms with E-state index in [1.165, 1.54) is 30.6 Å². The average molecular weight is 464 g/mol. The second-order valence-electron chi connectivity index (χ2n) is 9.04. The minimum atomic E-state index is -0.408. The Balaban J connectivity index is 1.51. The summed E-state index contributed by atoms with van der Waals surface area (Å²) >= 11 is 0. The predicted molar refractivity (Wildman–Crippen MR) is 135 cm³/mol. The Morgan fingerprint density at radius 3 is 2.53 bits per heavy atom. The second-order valence-corrected chi connectivity index (χ2v) is 9.04. The minimum Gasteiger partial charge on any atom is -0.493 e. The molecule has 0 saturated carbocycles. The van der Waals surface area contributed by atoms with Crippen LogP contribution in [0.4, 0.5) is 0 Å². The van der Waals surface area contributed by atoms with E-state index in [0.29, 0.717) is 23.6 Å². The first kappa shape index (κ1) is 24.0. The Kier molecular flexibility index (Phi) is 8.03. The molecule has 1 aromatic heterocycles. The van der Waals surface area contributed by atoms with Crippen molar-refractivity contribution in [3.05, 3.63) is 65.9 Å². The molecule has 0 radical (unpaired) electrons. The molecule has 180 valence electrons. The van der Waals surface area contributed by atoms with E-state index in [0.717, 1.165) is 36.1 Å². The van der Waals surface area contributed by atoms with Crippen molar-refractivity contribution in [3.63, 3.8) is 0 Å². The average Bonchev–Trinajstić information content (AvgIpc) is 3.01. The number of fused-ring (bicyclic) bond motifs is 1. The molecule has 2 heterocycles. The number of hydrogen-bond acceptors (Lipinski definition) is 4. The van der Waals surface area contributed by atoms with Crippen molar-refractivity contribution in [2.45, 2.75) is 38.3 Å². The molecule has 0 bridgehead atoms. The number of carbonyl (C=O) groups excluding carboxylic acids is 1. The number of quaternary nitrogens is 1. The van der Waals surface area contributed by atoms with Crippen molar-refractivity contribution in [3.8, 4) is 11.5 Å². The number of likely N-dealkylation sites (tertiary alicyclic amines) is 1. The summed E-state index contributed by atoms with van der Waals surface area (Å²) in [6, 6.07) is 13.3. The highest BCUT2D eigenvalue weighted by Gasteiger charge is 2.18. The first-order valence-corrected chi connectivity index (χ1v) is 12.1. The molecule has 1 aliphatic heterocycles. The molecule has 1 fully saturated rings. The number of para-hydroxylation sites is 1. The maximum atomic E-state index is 12.8. The molecule has 2 aromatic carbocycles. The van der Waals surface area contributed by atoms with Crippen LogP contribution in [0.15, 0.2) is 54.7 Å². The van der Waals surface area contributed by atoms with E-state index in [4.69, 9.17) is 9.47 Å². The van der Waals surface area contributed by atoms with E-state index in [1.807, 2.05) is 24.4 Å². The standard InChI is InChI=1S/C28H34N2O4/c1-33-27-14-12-21(17-28(27)34-2)26(32)13-11-22-18-30(25-10-6-5-9-24(22)25)20-23(31)19-29-15-7-3-4-8-16-29/h5-6,9-14,17-18,23,31H,3-4,7-8,15-16,19-20H2,1-2H3/p+1/b13-11+/t23-/m0/s1. The van der Waals surface area contributed by atoms with Crippen molar-refractivity contribution < 1.29 is 24.3 Å². The van der Waals surface area contributed by atoms with Crippen LogP contribution >= 0.6 is 0 Å². The summed E-state index contributed by atoms with van der Waals surface area (Å²) in [5.41, 5.74) is 2.55. The third-order valence-electron chi connectivity index (χ3n) is 6.64. The van der Waals surface area contributed by atoms with Gasteiger partial charge in [0.25, 0.3) is 0 Å². The number of ketones is 1. The van der Waals surface area contributed by atoms with Crippen LogP contribution in [0, 0.1) is 0 Å². The lowest BCUT2D eigenvalue weighted by atomic mass is 10.1. The van der Waals surface area contributed by atoms with Gasteiger partial charge in [0.15, 0.2) is 17.3 Å². The molecule has 34 heavy (non-hydrogen) atoms. The summed E-state index contributed by atoms with van der Waals surface area (Å²) in [6.07, 6.45) is 10.2. The van der Waals surface area contributed by atoms with Gasteiger partial charge in [0.1, 0.15) is 12.6 Å². The Labute approximate surface area is 201 Å². The van der Waals surface area contributed by atoms with Crippen LogP contribution in [0.1, 0.15) is 41.6 Å². The van der Waals surface area contributed by atoms with Crippen molar-refractivity contribution in [1.29, 1.82) is 0 Å². The van der Waals surface area contributed by atoms with E-state index in [9.17, 15) is 9.90 Å². The molecule has 1 aliphatic rings. The molecule has 0 spiro atoms. The number of benzene rings is 2. The number of rotatable bonds is 9. The number of aliphatic hydroxyl groups excluding tert-OH is 1. The lowest BCUT2D eigenvalue weighted by Gasteiger charge is -2.21. The Morgan fingerprint density at radius 2 is 1.79 bits per heavy atom. The Hall–Kier alpha value is -3.09. The number of nitrogens with zero attached hydrogens (tertiary/aromatic N) is 1. The number of nitrogens with one attached hydrogen (secondary N) is 1. The van der Waals surface area contributed by atoms with E-state index < -0.39 is 6.10 Å². The fourth-order valence-electron chi connectivity index (χ4n) is 4.87. The predicted octanol–water partition coefficient (Wildman–Crippen LogP) is 3.37. The number of aromatic nitrogens is 1. The third kappa shape index (κ3) is 5.69. The molecule has 1 saturated heterocycles. The van der Waals surface area contributed by atoms with Gasteiger partial charge in [0.05, 0.1) is 33.9 Å². The molecular weight excluding hydrogens is 428 g/mol. The van der Waals surface area contributed by atoms with Crippen LogP contribution in [0.5, 0.6) is 11.5 Å². The molecule has 0 unspecified atom stereocenters. The zero-order valence-corrected chi connectivity index (χ0v) is 20.1. The smallest absolute Gasteiger partial charge is 0.185 e. The molecule has 1 atom stereocenters. The highest BCUT2D eigenvalue weighted by Crippen LogP contribution is 2.28. The molecule has 4 rings (SSSR count). The van der Waals surface area contributed by atoms with Crippen LogP contribution in [0.25, 0.3) is 17.0 Å². The zero-order chi connectivity index (χ0) is 23.9. The number of hydrogen-bond donors (Lipinski definition) is 2. The maximum absolute atomic E-state index is 12.8. The molecule has 0 aliphatic carbocycles. The highest BCUT2D eigenvalue weighted by atomic mass is 16.5. The van der Waals surface area contributed by atoms with E-state index in [1.54, 1.807) is 38.5 Å². The monoisotopic (exact) mass is 463 g/mol. The second kappa shape index (κ2) is 11.4. The Bertz CT molecular complexity index is 1140. The molecule has 6 heteroatoms. The molecule has 3 aromatic rings. The molecule has 0 amide bonds. The summed E-state index contributed by atoms with van der Waals surface area (Å²) in [5.74, 6) is 1.01. The SMILES string of the molecule is COc1ccc(C(=O)/C=C/c2cn(C[C@@H](O)C[NH+]3CCCCCC3)c3ccccc23)cc1OC. The molecular formula is C28H35N2O4+.